The van der Waals surface area contributed by atoms with E-state index in [2.05, 4.69) is 5.32 Å². The van der Waals surface area contributed by atoms with Crippen LogP contribution in [0.15, 0.2) is 24.3 Å². The molecule has 1 aromatic carbocycles. The number of amides is 1. The van der Waals surface area contributed by atoms with E-state index in [-0.39, 0.29) is 11.7 Å². The monoisotopic (exact) mass is 276 g/mol. The van der Waals surface area contributed by atoms with Gasteiger partial charge >= 0.3 is 0 Å². The maximum atomic E-state index is 12.4. The minimum atomic E-state index is 0.150. The minimum Gasteiger partial charge on any atom is -0.508 e. The highest BCUT2D eigenvalue weighted by Gasteiger charge is 2.19. The Labute approximate surface area is 120 Å². The first-order chi connectivity index (χ1) is 9.69. The van der Waals surface area contributed by atoms with Crippen LogP contribution in [0.3, 0.4) is 0 Å². The zero-order chi connectivity index (χ0) is 14.4. The Morgan fingerprint density at radius 1 is 1.40 bits per heavy atom. The highest BCUT2D eigenvalue weighted by molar-refractivity contribution is 5.78. The largest absolute Gasteiger partial charge is 0.508 e. The number of nitrogens with one attached hydrogen (secondary N) is 1. The molecule has 20 heavy (non-hydrogen) atoms. The van der Waals surface area contributed by atoms with Crippen molar-refractivity contribution in [2.24, 2.45) is 5.92 Å². The van der Waals surface area contributed by atoms with Crippen molar-refractivity contribution >= 4 is 5.91 Å². The number of likely N-dealkylation sites (N-methyl/N-ethyl adjacent to an activating group) is 1. The van der Waals surface area contributed by atoms with Crippen molar-refractivity contribution in [3.63, 3.8) is 0 Å². The van der Waals surface area contributed by atoms with Gasteiger partial charge in [0.15, 0.2) is 0 Å². The molecule has 1 fully saturated rings. The fourth-order valence-corrected chi connectivity index (χ4v) is 2.74. The number of rotatable bonds is 5. The van der Waals surface area contributed by atoms with Gasteiger partial charge in [0, 0.05) is 13.1 Å². The third-order valence-electron chi connectivity index (χ3n) is 3.94. The molecule has 0 aliphatic carbocycles. The summed E-state index contributed by atoms with van der Waals surface area (Å²) < 4.78 is 0. The quantitative estimate of drug-likeness (QED) is 0.862. The van der Waals surface area contributed by atoms with Crippen LogP contribution in [0.2, 0.25) is 0 Å². The molecule has 2 rings (SSSR count). The first-order valence-corrected chi connectivity index (χ1v) is 7.45. The molecule has 1 aliphatic heterocycles. The predicted octanol–water partition coefficient (Wildman–Crippen LogP) is 1.78. The maximum absolute atomic E-state index is 12.4. The smallest absolute Gasteiger partial charge is 0.226 e. The van der Waals surface area contributed by atoms with Crippen LogP contribution < -0.4 is 5.32 Å². The summed E-state index contributed by atoms with van der Waals surface area (Å²) in [6, 6.07) is 6.95. The number of hydrogen-bond acceptors (Lipinski definition) is 3. The molecule has 0 unspecified atom stereocenters. The Bertz CT molecular complexity index is 442. The summed E-state index contributed by atoms with van der Waals surface area (Å²) in [5, 5.41) is 12.8. The van der Waals surface area contributed by atoms with Gasteiger partial charge in [-0.3, -0.25) is 4.79 Å². The number of piperidine rings is 1. The van der Waals surface area contributed by atoms with Gasteiger partial charge in [-0.05, 0) is 56.5 Å². The molecule has 0 radical (unpaired) electrons. The molecule has 1 heterocycles. The zero-order valence-corrected chi connectivity index (χ0v) is 12.1. The van der Waals surface area contributed by atoms with Gasteiger partial charge < -0.3 is 15.3 Å². The summed E-state index contributed by atoms with van der Waals surface area (Å²) in [6.07, 6.45) is 2.67. The van der Waals surface area contributed by atoms with Gasteiger partial charge in [-0.15, -0.1) is 0 Å². The van der Waals surface area contributed by atoms with Gasteiger partial charge in [0.05, 0.1) is 6.42 Å². The minimum absolute atomic E-state index is 0.150. The van der Waals surface area contributed by atoms with E-state index in [9.17, 15) is 9.90 Å². The molecule has 4 nitrogen and oxygen atoms in total. The van der Waals surface area contributed by atoms with Crippen LogP contribution >= 0.6 is 0 Å². The third kappa shape index (κ3) is 4.23. The predicted molar refractivity (Wildman–Crippen MR) is 79.7 cm³/mol. The number of benzene rings is 1. The van der Waals surface area contributed by atoms with Crippen LogP contribution in [0.4, 0.5) is 0 Å². The number of nitrogens with zero attached hydrogens (tertiary/aromatic N) is 1. The van der Waals surface area contributed by atoms with E-state index in [1.54, 1.807) is 18.2 Å². The third-order valence-corrected chi connectivity index (χ3v) is 3.94. The van der Waals surface area contributed by atoms with Crippen LogP contribution in [0.1, 0.15) is 25.3 Å². The van der Waals surface area contributed by atoms with Crippen molar-refractivity contribution in [1.82, 2.24) is 10.2 Å². The molecule has 0 atom stereocenters. The van der Waals surface area contributed by atoms with E-state index in [0.717, 1.165) is 44.6 Å². The highest BCUT2D eigenvalue weighted by atomic mass is 16.3. The van der Waals surface area contributed by atoms with Crippen LogP contribution in [0.5, 0.6) is 5.75 Å². The van der Waals surface area contributed by atoms with E-state index in [1.807, 2.05) is 17.9 Å². The number of carbonyl (C=O) groups is 1. The van der Waals surface area contributed by atoms with Gasteiger partial charge in [-0.1, -0.05) is 12.1 Å². The molecule has 0 aromatic heterocycles. The number of carbonyl (C=O) groups excluding carboxylic acids is 1. The molecule has 1 aromatic rings. The van der Waals surface area contributed by atoms with Gasteiger partial charge in [0.2, 0.25) is 5.91 Å². The van der Waals surface area contributed by atoms with Crippen molar-refractivity contribution in [3.8, 4) is 5.75 Å². The Kier molecular flexibility index (Phi) is 5.41. The lowest BCUT2D eigenvalue weighted by Crippen LogP contribution is -2.39. The molecule has 4 heteroatoms. The molecule has 0 bridgehead atoms. The Hall–Kier alpha value is -1.55. The van der Waals surface area contributed by atoms with E-state index in [4.69, 9.17) is 0 Å². The lowest BCUT2D eigenvalue weighted by Gasteiger charge is -2.29. The van der Waals surface area contributed by atoms with Gasteiger partial charge in [-0.25, -0.2) is 0 Å². The van der Waals surface area contributed by atoms with Crippen molar-refractivity contribution in [1.29, 1.82) is 0 Å². The fraction of sp³-hybridized carbons (Fsp3) is 0.562. The Morgan fingerprint density at radius 2 is 2.15 bits per heavy atom. The van der Waals surface area contributed by atoms with Crippen LogP contribution in [0.25, 0.3) is 0 Å². The summed E-state index contributed by atoms with van der Waals surface area (Å²) in [5.74, 6) is 0.984. The molecule has 1 amide bonds. The van der Waals surface area contributed by atoms with Gasteiger partial charge in [0.25, 0.3) is 0 Å². The average molecular weight is 276 g/mol. The Morgan fingerprint density at radius 3 is 2.80 bits per heavy atom. The zero-order valence-electron chi connectivity index (χ0n) is 12.1. The van der Waals surface area contributed by atoms with Crippen molar-refractivity contribution in [2.45, 2.75) is 26.2 Å². The SMILES string of the molecule is CCN(CC1CCNCC1)C(=O)Cc1cccc(O)c1. The first-order valence-electron chi connectivity index (χ1n) is 7.45. The average Bonchev–Trinajstić information content (AvgIpc) is 2.45. The van der Waals surface area contributed by atoms with E-state index >= 15 is 0 Å². The lowest BCUT2D eigenvalue weighted by molar-refractivity contribution is -0.131. The molecule has 2 N–H and O–H groups in total. The summed E-state index contributed by atoms with van der Waals surface area (Å²) in [7, 11) is 0. The standard InChI is InChI=1S/C16H24N2O2/c1-2-18(12-13-6-8-17-9-7-13)16(20)11-14-4-3-5-15(19)10-14/h3-5,10,13,17,19H,2,6-9,11-12H2,1H3. The summed E-state index contributed by atoms with van der Waals surface area (Å²) in [4.78, 5) is 14.3. The summed E-state index contributed by atoms with van der Waals surface area (Å²) >= 11 is 0. The van der Waals surface area contributed by atoms with E-state index in [0.29, 0.717) is 12.3 Å². The molecule has 0 spiro atoms. The molecular weight excluding hydrogens is 252 g/mol. The van der Waals surface area contributed by atoms with E-state index in [1.165, 1.54) is 0 Å². The second-order valence-electron chi connectivity index (χ2n) is 5.47. The number of phenolic OH excluding ortho intramolecular Hbond substituents is 1. The van der Waals surface area contributed by atoms with Crippen LogP contribution in [-0.4, -0.2) is 42.1 Å². The van der Waals surface area contributed by atoms with Crippen molar-refractivity contribution < 1.29 is 9.90 Å². The first kappa shape index (κ1) is 14.9. The normalized spacial score (nSPS) is 16.1. The molecule has 0 saturated carbocycles. The lowest BCUT2D eigenvalue weighted by atomic mass is 9.97. The summed E-state index contributed by atoms with van der Waals surface area (Å²) in [5.41, 5.74) is 0.874. The molecule has 1 aliphatic rings. The fourth-order valence-electron chi connectivity index (χ4n) is 2.74. The van der Waals surface area contributed by atoms with Crippen LogP contribution in [0, 0.1) is 5.92 Å². The second kappa shape index (κ2) is 7.29. The van der Waals surface area contributed by atoms with E-state index < -0.39 is 0 Å². The second-order valence-corrected chi connectivity index (χ2v) is 5.47. The molecule has 110 valence electrons. The maximum Gasteiger partial charge on any atom is 0.226 e. The topological polar surface area (TPSA) is 52.6 Å². The summed E-state index contributed by atoms with van der Waals surface area (Å²) in [6.45, 7) is 5.75. The van der Waals surface area contributed by atoms with Crippen molar-refractivity contribution in [2.75, 3.05) is 26.2 Å². The van der Waals surface area contributed by atoms with Crippen molar-refractivity contribution in [3.05, 3.63) is 29.8 Å². The number of aromatic hydroxyl groups is 1. The molecule has 1 saturated heterocycles. The Balaban J connectivity index is 1.91. The number of hydrogen-bond donors (Lipinski definition) is 2. The number of phenols is 1. The van der Waals surface area contributed by atoms with Gasteiger partial charge in [0.1, 0.15) is 5.75 Å². The van der Waals surface area contributed by atoms with Crippen LogP contribution in [-0.2, 0) is 11.2 Å². The molecular formula is C16H24N2O2. The highest BCUT2D eigenvalue weighted by Crippen LogP contribution is 2.16. The van der Waals surface area contributed by atoms with Gasteiger partial charge in [-0.2, -0.15) is 0 Å².